The summed E-state index contributed by atoms with van der Waals surface area (Å²) in [5.74, 6) is 3.70. The summed E-state index contributed by atoms with van der Waals surface area (Å²) in [5, 5.41) is 0. The fourth-order valence-electron chi connectivity index (χ4n) is 6.61. The minimum Gasteiger partial charge on any atom is -0.493 e. The maximum atomic E-state index is 6.00. The number of hydrogen-bond acceptors (Lipinski definition) is 4. The molecule has 3 unspecified atom stereocenters. The van der Waals surface area contributed by atoms with Crippen molar-refractivity contribution < 1.29 is 23.8 Å². The number of nitrogens with one attached hydrogen (secondary N) is 1. The predicted molar refractivity (Wildman–Crippen MR) is 130 cm³/mol. The van der Waals surface area contributed by atoms with Crippen LogP contribution in [0, 0.1) is 0 Å². The Morgan fingerprint density at radius 2 is 1.71 bits per heavy atom. The maximum absolute atomic E-state index is 6.00. The number of ether oxygens (including phenoxy) is 4. The molecule has 3 aliphatic rings. The normalized spacial score (nSPS) is 23.5. The summed E-state index contributed by atoms with van der Waals surface area (Å²) in [6.45, 7) is 6.06. The van der Waals surface area contributed by atoms with E-state index in [-0.39, 0.29) is 5.54 Å². The van der Waals surface area contributed by atoms with Gasteiger partial charge in [-0.25, -0.2) is 0 Å². The molecule has 0 aromatic heterocycles. The molecule has 3 atom stereocenters. The third-order valence-corrected chi connectivity index (χ3v) is 8.11. The second kappa shape index (κ2) is 7.95. The molecular weight excluding hydrogens is 426 g/mol. The van der Waals surface area contributed by atoms with Crippen molar-refractivity contribution in [3.63, 3.8) is 0 Å². The van der Waals surface area contributed by atoms with Crippen LogP contribution < -0.4 is 23.8 Å². The molecule has 0 aliphatic carbocycles. The van der Waals surface area contributed by atoms with Gasteiger partial charge in [-0.1, -0.05) is 36.4 Å². The topological polar surface area (TPSA) is 41.4 Å². The number of hydrogen-bond donors (Lipinski definition) is 1. The zero-order valence-electron chi connectivity index (χ0n) is 20.3. The monoisotopic (exact) mass is 458 g/mol. The van der Waals surface area contributed by atoms with E-state index in [4.69, 9.17) is 18.9 Å². The lowest BCUT2D eigenvalue weighted by atomic mass is 9.68. The highest BCUT2D eigenvalue weighted by atomic mass is 16.7. The van der Waals surface area contributed by atoms with E-state index in [9.17, 15) is 0 Å². The van der Waals surface area contributed by atoms with E-state index in [1.807, 2.05) is 0 Å². The van der Waals surface area contributed by atoms with Gasteiger partial charge in [0.25, 0.3) is 0 Å². The van der Waals surface area contributed by atoms with Crippen LogP contribution in [0.25, 0.3) is 0 Å². The molecule has 3 aliphatic heterocycles. The minimum absolute atomic E-state index is 0.152. The van der Waals surface area contributed by atoms with Crippen LogP contribution in [-0.4, -0.2) is 27.6 Å². The molecular formula is C29H32NO4+. The van der Waals surface area contributed by atoms with Crippen molar-refractivity contribution in [2.45, 2.75) is 44.2 Å². The Morgan fingerprint density at radius 1 is 0.941 bits per heavy atom. The number of methoxy groups -OCH3 is 2. The fourth-order valence-corrected chi connectivity index (χ4v) is 6.61. The van der Waals surface area contributed by atoms with Crippen molar-refractivity contribution in [3.8, 4) is 23.0 Å². The number of quaternary nitrogens is 1. The average Bonchev–Trinajstić information content (AvgIpc) is 3.32. The zero-order valence-corrected chi connectivity index (χ0v) is 20.3. The molecule has 0 saturated heterocycles. The second-order valence-electron chi connectivity index (χ2n) is 10.1. The summed E-state index contributed by atoms with van der Waals surface area (Å²) in [7, 11) is 3.48. The van der Waals surface area contributed by atoms with E-state index < -0.39 is 0 Å². The SMILES string of the molecule is COc1ccc2c(c1OC)C(C)(C)[NH+]1CCc3cc4c(cc3C1C2Cc1ccccc1)OCO4. The van der Waals surface area contributed by atoms with Crippen LogP contribution in [0.2, 0.25) is 0 Å². The van der Waals surface area contributed by atoms with E-state index in [2.05, 4.69) is 68.4 Å². The summed E-state index contributed by atoms with van der Waals surface area (Å²) in [4.78, 5) is 1.57. The van der Waals surface area contributed by atoms with Gasteiger partial charge in [-0.15, -0.1) is 0 Å². The summed E-state index contributed by atoms with van der Waals surface area (Å²) in [6, 6.07) is 19.9. The van der Waals surface area contributed by atoms with Gasteiger partial charge in [-0.05, 0) is 55.2 Å². The predicted octanol–water partition coefficient (Wildman–Crippen LogP) is 4.19. The minimum atomic E-state index is -0.152. The molecule has 0 radical (unpaired) electrons. The Morgan fingerprint density at radius 3 is 2.44 bits per heavy atom. The van der Waals surface area contributed by atoms with Crippen LogP contribution in [0.15, 0.2) is 54.6 Å². The second-order valence-corrected chi connectivity index (χ2v) is 10.1. The largest absolute Gasteiger partial charge is 0.493 e. The van der Waals surface area contributed by atoms with Crippen molar-refractivity contribution >= 4 is 0 Å². The van der Waals surface area contributed by atoms with Crippen molar-refractivity contribution in [1.82, 2.24) is 0 Å². The molecule has 0 saturated carbocycles. The smallest absolute Gasteiger partial charge is 0.231 e. The van der Waals surface area contributed by atoms with Gasteiger partial charge in [0.05, 0.1) is 26.3 Å². The van der Waals surface area contributed by atoms with Crippen LogP contribution in [0.1, 0.15) is 53.6 Å². The Labute approximate surface area is 201 Å². The Hall–Kier alpha value is -3.18. The summed E-state index contributed by atoms with van der Waals surface area (Å²) < 4.78 is 23.3. The Kier molecular flexibility index (Phi) is 4.99. The van der Waals surface area contributed by atoms with Gasteiger partial charge in [0, 0.05) is 17.9 Å². The number of benzene rings is 3. The van der Waals surface area contributed by atoms with E-state index in [1.54, 1.807) is 19.1 Å². The van der Waals surface area contributed by atoms with Gasteiger partial charge < -0.3 is 23.8 Å². The summed E-state index contributed by atoms with van der Waals surface area (Å²) >= 11 is 0. The van der Waals surface area contributed by atoms with E-state index in [0.29, 0.717) is 18.8 Å². The third kappa shape index (κ3) is 3.10. The maximum Gasteiger partial charge on any atom is 0.231 e. The lowest BCUT2D eigenvalue weighted by Gasteiger charge is -2.52. The van der Waals surface area contributed by atoms with Crippen molar-refractivity contribution in [2.75, 3.05) is 27.6 Å². The highest BCUT2D eigenvalue weighted by molar-refractivity contribution is 5.57. The van der Waals surface area contributed by atoms with Gasteiger partial charge >= 0.3 is 0 Å². The van der Waals surface area contributed by atoms with Crippen molar-refractivity contribution in [1.29, 1.82) is 0 Å². The van der Waals surface area contributed by atoms with Gasteiger partial charge in [0.2, 0.25) is 6.79 Å². The molecule has 34 heavy (non-hydrogen) atoms. The lowest BCUT2D eigenvalue weighted by molar-refractivity contribution is -0.992. The molecule has 0 amide bonds. The molecule has 3 aromatic carbocycles. The first-order valence-electron chi connectivity index (χ1n) is 12.1. The van der Waals surface area contributed by atoms with Gasteiger partial charge in [-0.2, -0.15) is 0 Å². The first-order chi connectivity index (χ1) is 16.5. The van der Waals surface area contributed by atoms with Crippen LogP contribution in [0.4, 0.5) is 0 Å². The van der Waals surface area contributed by atoms with Crippen molar-refractivity contribution in [2.24, 2.45) is 0 Å². The molecule has 0 spiro atoms. The standard InChI is InChI=1S/C29H31NO4/c1-29(2)26-20(10-11-23(31-3)28(26)32-4)22(14-18-8-6-5-7-9-18)27-21-16-25-24(33-17-34-25)15-19(21)12-13-30(27)29/h5-11,15-16,22,27H,12-14,17H2,1-4H3/p+1. The molecule has 5 heteroatoms. The molecule has 0 fully saturated rings. The van der Waals surface area contributed by atoms with Crippen LogP contribution in [0.5, 0.6) is 23.0 Å². The van der Waals surface area contributed by atoms with Gasteiger partial charge in [0.15, 0.2) is 23.0 Å². The molecule has 3 heterocycles. The number of rotatable bonds is 4. The van der Waals surface area contributed by atoms with Gasteiger partial charge in [-0.3, -0.25) is 0 Å². The fraction of sp³-hybridized carbons (Fsp3) is 0.379. The molecule has 0 bridgehead atoms. The highest BCUT2D eigenvalue weighted by Crippen LogP contribution is 2.50. The average molecular weight is 459 g/mol. The summed E-state index contributed by atoms with van der Waals surface area (Å²) in [6.07, 6.45) is 1.97. The highest BCUT2D eigenvalue weighted by Gasteiger charge is 2.53. The van der Waals surface area contributed by atoms with Crippen LogP contribution in [0.3, 0.4) is 0 Å². The molecule has 176 valence electrons. The quantitative estimate of drug-likeness (QED) is 0.637. The van der Waals surface area contributed by atoms with E-state index >= 15 is 0 Å². The lowest BCUT2D eigenvalue weighted by Crippen LogP contribution is -3.20. The van der Waals surface area contributed by atoms with Crippen LogP contribution in [-0.2, 0) is 18.4 Å². The zero-order chi connectivity index (χ0) is 23.4. The van der Waals surface area contributed by atoms with E-state index in [1.165, 1.54) is 27.8 Å². The Bertz CT molecular complexity index is 1240. The third-order valence-electron chi connectivity index (χ3n) is 8.11. The van der Waals surface area contributed by atoms with Crippen LogP contribution >= 0.6 is 0 Å². The molecule has 3 aromatic rings. The molecule has 1 N–H and O–H groups in total. The Balaban J connectivity index is 1.59. The first kappa shape index (κ1) is 21.4. The van der Waals surface area contributed by atoms with Crippen molar-refractivity contribution in [3.05, 3.63) is 82.4 Å². The summed E-state index contributed by atoms with van der Waals surface area (Å²) in [5.41, 5.74) is 6.59. The van der Waals surface area contributed by atoms with E-state index in [0.717, 1.165) is 42.4 Å². The van der Waals surface area contributed by atoms with Gasteiger partial charge in [0.1, 0.15) is 11.6 Å². The first-order valence-corrected chi connectivity index (χ1v) is 12.1. The molecule has 5 nitrogen and oxygen atoms in total. The number of fused-ring (bicyclic) bond motifs is 5. The molecule has 6 rings (SSSR count).